The summed E-state index contributed by atoms with van der Waals surface area (Å²) in [5.41, 5.74) is -4.06. The highest BCUT2D eigenvalue weighted by Gasteiger charge is 2.56. The molecule has 2 aliphatic rings. The van der Waals surface area contributed by atoms with Crippen LogP contribution >= 0.6 is 11.3 Å². The summed E-state index contributed by atoms with van der Waals surface area (Å²) in [6, 6.07) is 7.45. The summed E-state index contributed by atoms with van der Waals surface area (Å²) in [5, 5.41) is 19.5. The Morgan fingerprint density at radius 2 is 1.80 bits per heavy atom. The van der Waals surface area contributed by atoms with Crippen LogP contribution in [0.4, 0.5) is 26.3 Å². The van der Waals surface area contributed by atoms with Crippen molar-refractivity contribution in [3.63, 3.8) is 0 Å². The molecule has 0 unspecified atom stereocenters. The number of likely N-dealkylation sites (tertiary alicyclic amines) is 2. The number of alkyl halides is 6. The van der Waals surface area contributed by atoms with Gasteiger partial charge in [-0.25, -0.2) is 0 Å². The molecule has 4 heterocycles. The number of hydrogen-bond donors (Lipinski definition) is 2. The molecular formula is C38H41F6N3O6S. The van der Waals surface area contributed by atoms with Crippen LogP contribution in [0.5, 0.6) is 11.5 Å². The molecular weight excluding hydrogens is 740 g/mol. The van der Waals surface area contributed by atoms with Crippen LogP contribution in [0.15, 0.2) is 54.2 Å². The fourth-order valence-corrected chi connectivity index (χ4v) is 8.07. The predicted molar refractivity (Wildman–Crippen MR) is 187 cm³/mol. The van der Waals surface area contributed by atoms with Crippen molar-refractivity contribution in [3.05, 3.63) is 75.7 Å². The van der Waals surface area contributed by atoms with Crippen LogP contribution in [-0.4, -0.2) is 81.0 Å². The van der Waals surface area contributed by atoms with Gasteiger partial charge >= 0.3 is 12.4 Å². The standard InChI is InChI=1S/C38H41F6N3O6S/c1-3-9-30-36(53-25-22-31(54-24-25)38(42,43)44,14-8-18-47(30)33(50)26-23-45-17-13-27(26)37(39,40)41)34(51)46-19-15-35(4-2,16-20-46)28-10-5-6-11-29(28)52-21-7-12-32(48)49/h2,5-6,10-11,13,17,22-24,30,32,48-49H,3,7-9,12,14-16,18-21H2,1H3/t30-,36+/m1/s1. The average molecular weight is 782 g/mol. The van der Waals surface area contributed by atoms with Gasteiger partial charge in [0.05, 0.1) is 29.2 Å². The van der Waals surface area contributed by atoms with Crippen LogP contribution in [0.25, 0.3) is 0 Å². The highest BCUT2D eigenvalue weighted by atomic mass is 32.1. The van der Waals surface area contributed by atoms with Crippen LogP contribution in [0, 0.1) is 12.3 Å². The zero-order valence-corrected chi connectivity index (χ0v) is 30.3. The minimum absolute atomic E-state index is 0.0212. The van der Waals surface area contributed by atoms with E-state index >= 15 is 0 Å². The average Bonchev–Trinajstić information content (AvgIpc) is 3.63. The summed E-state index contributed by atoms with van der Waals surface area (Å²) < 4.78 is 95.6. The van der Waals surface area contributed by atoms with Gasteiger partial charge in [0.2, 0.25) is 5.60 Å². The summed E-state index contributed by atoms with van der Waals surface area (Å²) in [5.74, 6) is 1.51. The molecule has 2 fully saturated rings. The first kappa shape index (κ1) is 40.8. The Morgan fingerprint density at radius 1 is 1.07 bits per heavy atom. The number of carbonyl (C=O) groups excluding carboxylic acids is 2. The highest BCUT2D eigenvalue weighted by molar-refractivity contribution is 7.10. The molecule has 54 heavy (non-hydrogen) atoms. The lowest BCUT2D eigenvalue weighted by Crippen LogP contribution is -2.68. The van der Waals surface area contributed by atoms with Gasteiger partial charge in [-0.1, -0.05) is 37.5 Å². The molecule has 2 aliphatic heterocycles. The largest absolute Gasteiger partial charge is 0.493 e. The monoisotopic (exact) mass is 781 g/mol. The molecule has 0 saturated carbocycles. The van der Waals surface area contributed by atoms with Crippen LogP contribution in [0.1, 0.15) is 84.7 Å². The molecule has 2 amide bonds. The van der Waals surface area contributed by atoms with E-state index in [1.807, 2.05) is 6.07 Å². The maximum atomic E-state index is 15.0. The van der Waals surface area contributed by atoms with Crippen molar-refractivity contribution in [2.45, 2.75) is 94.0 Å². The van der Waals surface area contributed by atoms with Gasteiger partial charge in [-0.05, 0) is 44.2 Å². The topological polar surface area (TPSA) is 112 Å². The van der Waals surface area contributed by atoms with Crippen LogP contribution < -0.4 is 9.47 Å². The van der Waals surface area contributed by atoms with E-state index in [-0.39, 0.29) is 70.5 Å². The van der Waals surface area contributed by atoms with Crippen LogP contribution in [0.3, 0.4) is 0 Å². The van der Waals surface area contributed by atoms with Crippen LogP contribution in [0.2, 0.25) is 0 Å². The number of para-hydroxylation sites is 1. The van der Waals surface area contributed by atoms with E-state index in [2.05, 4.69) is 10.9 Å². The van der Waals surface area contributed by atoms with Crippen molar-refractivity contribution in [2.24, 2.45) is 0 Å². The molecule has 2 N–H and O–H groups in total. The summed E-state index contributed by atoms with van der Waals surface area (Å²) in [4.78, 5) is 34.5. The summed E-state index contributed by atoms with van der Waals surface area (Å²) >= 11 is 0.377. The van der Waals surface area contributed by atoms with E-state index in [1.165, 1.54) is 9.80 Å². The normalized spacial score (nSPS) is 20.4. The molecule has 1 aromatic carbocycles. The number of aromatic nitrogens is 1. The van der Waals surface area contributed by atoms with Crippen molar-refractivity contribution >= 4 is 23.2 Å². The molecule has 0 aliphatic carbocycles. The van der Waals surface area contributed by atoms with E-state index in [4.69, 9.17) is 15.9 Å². The van der Waals surface area contributed by atoms with E-state index in [0.717, 1.165) is 23.8 Å². The fraction of sp³-hybridized carbons (Fsp3) is 0.500. The lowest BCUT2D eigenvalue weighted by molar-refractivity contribution is -0.160. The molecule has 2 saturated heterocycles. The molecule has 292 valence electrons. The fourth-order valence-electron chi connectivity index (χ4n) is 7.39. The van der Waals surface area contributed by atoms with Crippen molar-refractivity contribution in [2.75, 3.05) is 26.2 Å². The van der Waals surface area contributed by atoms with Gasteiger partial charge in [-0.3, -0.25) is 14.6 Å². The van der Waals surface area contributed by atoms with Gasteiger partial charge in [0.25, 0.3) is 11.8 Å². The molecule has 0 radical (unpaired) electrons. The number of aliphatic hydroxyl groups excluding tert-OH is 1. The Bertz CT molecular complexity index is 1820. The molecule has 0 spiro atoms. The molecule has 16 heteroatoms. The third kappa shape index (κ3) is 8.63. The molecule has 5 rings (SSSR count). The van der Waals surface area contributed by atoms with Gasteiger partial charge < -0.3 is 29.5 Å². The van der Waals surface area contributed by atoms with Gasteiger partial charge in [0, 0.05) is 61.9 Å². The van der Waals surface area contributed by atoms with Gasteiger partial charge in [-0.15, -0.1) is 17.8 Å². The number of rotatable bonds is 12. The number of thiophene rings is 1. The Hall–Kier alpha value is -4.33. The number of terminal acetylenes is 1. The number of aliphatic hydroxyl groups is 2. The molecule has 2 aromatic heterocycles. The second-order valence-electron chi connectivity index (χ2n) is 13.4. The lowest BCUT2D eigenvalue weighted by atomic mass is 9.72. The van der Waals surface area contributed by atoms with E-state index in [1.54, 1.807) is 25.1 Å². The first-order valence-electron chi connectivity index (χ1n) is 17.6. The van der Waals surface area contributed by atoms with Crippen LogP contribution in [-0.2, 0) is 22.6 Å². The maximum Gasteiger partial charge on any atom is 0.425 e. The molecule has 9 nitrogen and oxygen atoms in total. The molecule has 2 atom stereocenters. The van der Waals surface area contributed by atoms with Crippen molar-refractivity contribution < 1.29 is 55.6 Å². The van der Waals surface area contributed by atoms with Gasteiger partial charge in [0.1, 0.15) is 16.4 Å². The number of pyridine rings is 1. The van der Waals surface area contributed by atoms with Crippen molar-refractivity contribution in [3.8, 4) is 23.8 Å². The third-order valence-corrected chi connectivity index (χ3v) is 11.0. The van der Waals surface area contributed by atoms with Gasteiger partial charge in [0.15, 0.2) is 6.29 Å². The second kappa shape index (κ2) is 16.6. The Morgan fingerprint density at radius 3 is 2.43 bits per heavy atom. The van der Waals surface area contributed by atoms with E-state index < -0.39 is 63.5 Å². The number of nitrogens with zero attached hydrogens (tertiary/aromatic N) is 3. The van der Waals surface area contributed by atoms with E-state index in [9.17, 15) is 46.1 Å². The highest BCUT2D eigenvalue weighted by Crippen LogP contribution is 2.45. The minimum atomic E-state index is -4.89. The minimum Gasteiger partial charge on any atom is -0.493 e. The number of ether oxygens (including phenoxy) is 2. The maximum absolute atomic E-state index is 15.0. The Labute approximate surface area is 312 Å². The van der Waals surface area contributed by atoms with Crippen molar-refractivity contribution in [1.29, 1.82) is 0 Å². The number of carbonyl (C=O) groups is 2. The molecule has 3 aromatic rings. The number of benzene rings is 1. The first-order valence-corrected chi connectivity index (χ1v) is 18.5. The third-order valence-electron chi connectivity index (χ3n) is 10.0. The quantitative estimate of drug-likeness (QED) is 0.0876. The molecule has 0 bridgehead atoms. The zero-order valence-electron chi connectivity index (χ0n) is 29.5. The lowest BCUT2D eigenvalue weighted by Gasteiger charge is -2.51. The number of amides is 2. The van der Waals surface area contributed by atoms with E-state index in [0.29, 0.717) is 41.6 Å². The summed E-state index contributed by atoms with van der Waals surface area (Å²) in [6.45, 7) is 2.10. The Balaban J connectivity index is 1.50. The van der Waals surface area contributed by atoms with Crippen molar-refractivity contribution in [1.82, 2.24) is 14.8 Å². The summed E-state index contributed by atoms with van der Waals surface area (Å²) in [6.07, 6.45) is -1.63. The second-order valence-corrected chi connectivity index (χ2v) is 14.4. The van der Waals surface area contributed by atoms with Gasteiger partial charge in [-0.2, -0.15) is 26.3 Å². The number of hydrogen-bond acceptors (Lipinski definition) is 8. The zero-order chi connectivity index (χ0) is 39.3. The number of piperidine rings is 2. The Kier molecular flexibility index (Phi) is 12.5. The predicted octanol–water partition coefficient (Wildman–Crippen LogP) is 7.07. The number of halogens is 6. The summed E-state index contributed by atoms with van der Waals surface area (Å²) in [7, 11) is 0. The smallest absolute Gasteiger partial charge is 0.425 e. The first-order chi connectivity index (χ1) is 25.6. The SMILES string of the molecule is C#CC1(c2ccccc2OCCCC(O)O)CCN(C(=O)[C@]2(Oc3csc(C(F)(F)F)c3)CCCN(C(=O)c3cnccc3C(F)(F)F)[C@@H]2CCC)CC1.